The molecule has 1 unspecified atom stereocenters. The van der Waals surface area contributed by atoms with Gasteiger partial charge < -0.3 is 14.3 Å². The zero-order valence-corrected chi connectivity index (χ0v) is 13.0. The summed E-state index contributed by atoms with van der Waals surface area (Å²) in [6.07, 6.45) is 0.672. The van der Waals surface area contributed by atoms with Gasteiger partial charge in [0.1, 0.15) is 5.75 Å². The van der Waals surface area contributed by atoms with E-state index in [0.717, 1.165) is 17.0 Å². The first kappa shape index (κ1) is 15.1. The average Bonchev–Trinajstić information content (AvgIpc) is 2.47. The van der Waals surface area contributed by atoms with Gasteiger partial charge in [-0.05, 0) is 24.6 Å². The standard InChI is InChI=1S/C15H20ClNO3/c1-10(16)14-13(9-15(2,19-4)20-17-14)11-5-7-12(18-3)8-6-11/h5-8,10,13H,9H2,1-4H3/t10?,13-,15-/m0/s1. The zero-order valence-electron chi connectivity index (χ0n) is 12.2. The van der Waals surface area contributed by atoms with Crippen molar-refractivity contribution in [1.29, 1.82) is 0 Å². The smallest absolute Gasteiger partial charge is 0.234 e. The molecular weight excluding hydrogens is 278 g/mol. The number of alkyl halides is 1. The van der Waals surface area contributed by atoms with Crippen LogP contribution in [0, 0.1) is 0 Å². The van der Waals surface area contributed by atoms with Gasteiger partial charge in [-0.2, -0.15) is 0 Å². The highest BCUT2D eigenvalue weighted by molar-refractivity contribution is 6.32. The third kappa shape index (κ3) is 3.07. The fraction of sp³-hybridized carbons (Fsp3) is 0.533. The molecule has 1 aliphatic heterocycles. The Labute approximate surface area is 124 Å². The predicted molar refractivity (Wildman–Crippen MR) is 79.6 cm³/mol. The van der Waals surface area contributed by atoms with Gasteiger partial charge in [0.15, 0.2) is 0 Å². The first-order chi connectivity index (χ1) is 9.49. The van der Waals surface area contributed by atoms with Gasteiger partial charge in [-0.15, -0.1) is 11.6 Å². The van der Waals surface area contributed by atoms with Gasteiger partial charge >= 0.3 is 0 Å². The van der Waals surface area contributed by atoms with Crippen molar-refractivity contribution in [2.75, 3.05) is 14.2 Å². The van der Waals surface area contributed by atoms with Crippen LogP contribution >= 0.6 is 11.6 Å². The molecule has 1 aliphatic rings. The van der Waals surface area contributed by atoms with E-state index >= 15 is 0 Å². The van der Waals surface area contributed by atoms with Crippen molar-refractivity contribution in [3.63, 3.8) is 0 Å². The van der Waals surface area contributed by atoms with Gasteiger partial charge in [-0.25, -0.2) is 0 Å². The Hall–Kier alpha value is -1.26. The van der Waals surface area contributed by atoms with Crippen molar-refractivity contribution in [2.24, 2.45) is 5.16 Å². The lowest BCUT2D eigenvalue weighted by molar-refractivity contribution is -0.221. The Bertz CT molecular complexity index is 486. The summed E-state index contributed by atoms with van der Waals surface area (Å²) in [5.74, 6) is 0.180. The van der Waals surface area contributed by atoms with Crippen molar-refractivity contribution < 1.29 is 14.3 Å². The largest absolute Gasteiger partial charge is 0.497 e. The molecule has 5 heteroatoms. The molecule has 0 aliphatic carbocycles. The lowest BCUT2D eigenvalue weighted by Crippen LogP contribution is -2.39. The van der Waals surface area contributed by atoms with E-state index in [1.165, 1.54) is 0 Å². The van der Waals surface area contributed by atoms with E-state index in [0.29, 0.717) is 6.42 Å². The summed E-state index contributed by atoms with van der Waals surface area (Å²) in [4.78, 5) is 5.44. The Morgan fingerprint density at radius 2 is 2.00 bits per heavy atom. The molecule has 0 aromatic heterocycles. The van der Waals surface area contributed by atoms with Crippen LogP contribution in [-0.2, 0) is 9.57 Å². The fourth-order valence-electron chi connectivity index (χ4n) is 2.32. The molecule has 1 aromatic rings. The highest BCUT2D eigenvalue weighted by Gasteiger charge is 2.39. The third-order valence-corrected chi connectivity index (χ3v) is 3.86. The third-order valence-electron chi connectivity index (χ3n) is 3.63. The maximum Gasteiger partial charge on any atom is 0.234 e. The lowest BCUT2D eigenvalue weighted by Gasteiger charge is -2.35. The Morgan fingerprint density at radius 1 is 1.35 bits per heavy atom. The number of methoxy groups -OCH3 is 2. The van der Waals surface area contributed by atoms with Crippen LogP contribution in [0.3, 0.4) is 0 Å². The van der Waals surface area contributed by atoms with E-state index in [1.807, 2.05) is 38.1 Å². The van der Waals surface area contributed by atoms with Crippen molar-refractivity contribution in [3.8, 4) is 5.75 Å². The molecule has 4 nitrogen and oxygen atoms in total. The SMILES string of the molecule is COc1ccc([C@@H]2C[C@@](C)(OC)ON=C2C(C)Cl)cc1. The number of nitrogens with zero attached hydrogens (tertiary/aromatic N) is 1. The molecule has 0 fully saturated rings. The maximum absolute atomic E-state index is 6.22. The predicted octanol–water partition coefficient (Wildman–Crippen LogP) is 3.55. The average molecular weight is 298 g/mol. The normalized spacial score (nSPS) is 27.4. The van der Waals surface area contributed by atoms with Crippen molar-refractivity contribution >= 4 is 17.3 Å². The van der Waals surface area contributed by atoms with Crippen LogP contribution in [0.2, 0.25) is 0 Å². The van der Waals surface area contributed by atoms with Crippen LogP contribution in [-0.4, -0.2) is 31.1 Å². The molecule has 20 heavy (non-hydrogen) atoms. The van der Waals surface area contributed by atoms with Crippen LogP contribution in [0.5, 0.6) is 5.75 Å². The quantitative estimate of drug-likeness (QED) is 0.798. The van der Waals surface area contributed by atoms with Crippen LogP contribution in [0.1, 0.15) is 31.7 Å². The van der Waals surface area contributed by atoms with Crippen molar-refractivity contribution in [3.05, 3.63) is 29.8 Å². The van der Waals surface area contributed by atoms with Crippen LogP contribution < -0.4 is 4.74 Å². The van der Waals surface area contributed by atoms with Gasteiger partial charge in [0.2, 0.25) is 5.79 Å². The van der Waals surface area contributed by atoms with Crippen LogP contribution in [0.4, 0.5) is 0 Å². The summed E-state index contributed by atoms with van der Waals surface area (Å²) >= 11 is 6.22. The summed E-state index contributed by atoms with van der Waals surface area (Å²) in [7, 11) is 3.27. The van der Waals surface area contributed by atoms with E-state index in [2.05, 4.69) is 5.16 Å². The number of benzene rings is 1. The monoisotopic (exact) mass is 297 g/mol. The highest BCUT2D eigenvalue weighted by Crippen LogP contribution is 2.36. The number of rotatable bonds is 4. The summed E-state index contributed by atoms with van der Waals surface area (Å²) in [6.45, 7) is 3.78. The molecule has 3 atom stereocenters. The molecule has 0 bridgehead atoms. The number of hydrogen-bond donors (Lipinski definition) is 0. The van der Waals surface area contributed by atoms with Crippen LogP contribution in [0.25, 0.3) is 0 Å². The van der Waals surface area contributed by atoms with Crippen molar-refractivity contribution in [2.45, 2.75) is 37.4 Å². The second-order valence-corrected chi connectivity index (χ2v) is 5.75. The zero-order chi connectivity index (χ0) is 14.8. The second-order valence-electron chi connectivity index (χ2n) is 5.09. The van der Waals surface area contributed by atoms with Gasteiger partial charge in [0.05, 0.1) is 18.2 Å². The summed E-state index contributed by atoms with van der Waals surface area (Å²) in [5, 5.41) is 3.99. The summed E-state index contributed by atoms with van der Waals surface area (Å²) in [5.41, 5.74) is 1.95. The minimum Gasteiger partial charge on any atom is -0.497 e. The fourth-order valence-corrected chi connectivity index (χ4v) is 2.51. The van der Waals surface area contributed by atoms with Gasteiger partial charge in [0.25, 0.3) is 0 Å². The Kier molecular flexibility index (Phi) is 4.55. The summed E-state index contributed by atoms with van der Waals surface area (Å²) < 4.78 is 10.6. The van der Waals surface area contributed by atoms with E-state index in [9.17, 15) is 0 Å². The van der Waals surface area contributed by atoms with E-state index in [1.54, 1.807) is 14.2 Å². The number of ether oxygens (including phenoxy) is 2. The molecule has 2 rings (SSSR count). The van der Waals surface area contributed by atoms with E-state index in [-0.39, 0.29) is 11.3 Å². The Balaban J connectivity index is 2.33. The minimum absolute atomic E-state index is 0.0760. The topological polar surface area (TPSA) is 40.0 Å². The molecule has 0 spiro atoms. The van der Waals surface area contributed by atoms with E-state index in [4.69, 9.17) is 25.9 Å². The minimum atomic E-state index is -0.722. The molecule has 0 saturated carbocycles. The Morgan fingerprint density at radius 3 is 2.50 bits per heavy atom. The van der Waals surface area contributed by atoms with Crippen molar-refractivity contribution in [1.82, 2.24) is 0 Å². The van der Waals surface area contributed by atoms with Gasteiger partial charge in [-0.3, -0.25) is 0 Å². The number of oxime groups is 1. The molecule has 0 saturated heterocycles. The molecule has 110 valence electrons. The molecule has 1 aromatic carbocycles. The lowest BCUT2D eigenvalue weighted by atomic mass is 9.86. The van der Waals surface area contributed by atoms with E-state index < -0.39 is 5.79 Å². The first-order valence-corrected chi connectivity index (χ1v) is 7.02. The molecule has 1 heterocycles. The van der Waals surface area contributed by atoms with Crippen LogP contribution in [0.15, 0.2) is 29.4 Å². The molecule has 0 radical (unpaired) electrons. The highest BCUT2D eigenvalue weighted by atomic mass is 35.5. The second kappa shape index (κ2) is 6.02. The number of halogens is 1. The van der Waals surface area contributed by atoms with Gasteiger partial charge in [0, 0.05) is 26.4 Å². The number of hydrogen-bond acceptors (Lipinski definition) is 4. The maximum atomic E-state index is 6.22. The summed E-state index contributed by atoms with van der Waals surface area (Å²) in [6, 6.07) is 7.93. The molecule has 0 N–H and O–H groups in total. The first-order valence-electron chi connectivity index (χ1n) is 6.58. The van der Waals surface area contributed by atoms with Gasteiger partial charge in [-0.1, -0.05) is 17.3 Å². The molecular formula is C15H20ClNO3. The molecule has 0 amide bonds.